The molecule has 2 N–H and O–H groups in total. The van der Waals surface area contributed by atoms with Crippen LogP contribution in [0.1, 0.15) is 18.0 Å². The fourth-order valence-corrected chi connectivity index (χ4v) is 1.25. The first-order valence-electron chi connectivity index (χ1n) is 3.96. The second-order valence-electron chi connectivity index (χ2n) is 2.80. The Balaban J connectivity index is 2.89. The molecule has 3 heteroatoms. The third-order valence-electron chi connectivity index (χ3n) is 1.79. The standard InChI is InChI=1S/C10H11ClFN/c1-2-3-10(13)7-4-5-9(12)8(11)6-7/h2,4-6,10H,1,3,13H2. The van der Waals surface area contributed by atoms with Gasteiger partial charge in [-0.15, -0.1) is 6.58 Å². The van der Waals surface area contributed by atoms with Crippen molar-refractivity contribution in [2.24, 2.45) is 5.73 Å². The lowest BCUT2D eigenvalue weighted by Gasteiger charge is -2.09. The van der Waals surface area contributed by atoms with E-state index in [0.29, 0.717) is 6.42 Å². The molecule has 1 unspecified atom stereocenters. The topological polar surface area (TPSA) is 26.0 Å². The molecule has 0 aliphatic carbocycles. The number of nitrogens with two attached hydrogens (primary N) is 1. The number of hydrogen-bond acceptors (Lipinski definition) is 1. The van der Waals surface area contributed by atoms with Gasteiger partial charge in [-0.2, -0.15) is 0 Å². The van der Waals surface area contributed by atoms with Crippen molar-refractivity contribution in [3.8, 4) is 0 Å². The van der Waals surface area contributed by atoms with Crippen molar-refractivity contribution < 1.29 is 4.39 Å². The maximum atomic E-state index is 12.8. The largest absolute Gasteiger partial charge is 0.324 e. The summed E-state index contributed by atoms with van der Waals surface area (Å²) in [5.74, 6) is -0.420. The zero-order valence-electron chi connectivity index (χ0n) is 7.13. The number of benzene rings is 1. The van der Waals surface area contributed by atoms with E-state index in [1.807, 2.05) is 0 Å². The van der Waals surface area contributed by atoms with E-state index in [9.17, 15) is 4.39 Å². The number of halogens is 2. The molecule has 0 saturated heterocycles. The Kier molecular flexibility index (Phi) is 3.46. The van der Waals surface area contributed by atoms with Crippen molar-refractivity contribution in [1.82, 2.24) is 0 Å². The smallest absolute Gasteiger partial charge is 0.141 e. The zero-order valence-corrected chi connectivity index (χ0v) is 7.89. The molecule has 0 aliphatic heterocycles. The van der Waals surface area contributed by atoms with Gasteiger partial charge in [-0.25, -0.2) is 4.39 Å². The van der Waals surface area contributed by atoms with Crippen molar-refractivity contribution in [3.63, 3.8) is 0 Å². The van der Waals surface area contributed by atoms with Gasteiger partial charge in [0.15, 0.2) is 0 Å². The van der Waals surface area contributed by atoms with Crippen molar-refractivity contribution in [1.29, 1.82) is 0 Å². The number of rotatable bonds is 3. The second-order valence-corrected chi connectivity index (χ2v) is 3.21. The van der Waals surface area contributed by atoms with Gasteiger partial charge in [0.05, 0.1) is 5.02 Å². The highest BCUT2D eigenvalue weighted by Gasteiger charge is 2.06. The molecule has 13 heavy (non-hydrogen) atoms. The first-order valence-corrected chi connectivity index (χ1v) is 4.34. The molecule has 0 radical (unpaired) electrons. The summed E-state index contributed by atoms with van der Waals surface area (Å²) in [5.41, 5.74) is 6.60. The molecule has 0 saturated carbocycles. The van der Waals surface area contributed by atoms with Crippen LogP contribution in [0.5, 0.6) is 0 Å². The van der Waals surface area contributed by atoms with Gasteiger partial charge in [0.2, 0.25) is 0 Å². The maximum Gasteiger partial charge on any atom is 0.141 e. The Morgan fingerprint density at radius 2 is 2.31 bits per heavy atom. The van der Waals surface area contributed by atoms with Crippen molar-refractivity contribution >= 4 is 11.6 Å². The van der Waals surface area contributed by atoms with Gasteiger partial charge in [0.1, 0.15) is 5.82 Å². The van der Waals surface area contributed by atoms with E-state index >= 15 is 0 Å². The maximum absolute atomic E-state index is 12.8. The average molecular weight is 200 g/mol. The van der Waals surface area contributed by atoms with Gasteiger partial charge in [0, 0.05) is 6.04 Å². The Labute approximate surface area is 82.0 Å². The van der Waals surface area contributed by atoms with Crippen LogP contribution in [0.2, 0.25) is 5.02 Å². The van der Waals surface area contributed by atoms with Crippen LogP contribution < -0.4 is 5.73 Å². The normalized spacial score (nSPS) is 12.5. The molecule has 1 aromatic carbocycles. The highest BCUT2D eigenvalue weighted by molar-refractivity contribution is 6.30. The first-order chi connectivity index (χ1) is 6.15. The van der Waals surface area contributed by atoms with E-state index in [2.05, 4.69) is 6.58 Å². The third-order valence-corrected chi connectivity index (χ3v) is 2.08. The second kappa shape index (κ2) is 4.40. The molecule has 0 fully saturated rings. The fraction of sp³-hybridized carbons (Fsp3) is 0.200. The van der Waals surface area contributed by atoms with Crippen LogP contribution in [0, 0.1) is 5.82 Å². The lowest BCUT2D eigenvalue weighted by Crippen LogP contribution is -2.08. The van der Waals surface area contributed by atoms with Gasteiger partial charge < -0.3 is 5.73 Å². The molecule has 0 aromatic heterocycles. The summed E-state index contributed by atoms with van der Waals surface area (Å²) in [5, 5.41) is 0.108. The molecule has 0 bridgehead atoms. The molecule has 0 spiro atoms. The molecule has 1 nitrogen and oxygen atoms in total. The predicted molar refractivity (Wildman–Crippen MR) is 53.2 cm³/mol. The molecule has 70 valence electrons. The lowest BCUT2D eigenvalue weighted by molar-refractivity contribution is 0.625. The van der Waals surface area contributed by atoms with Crippen LogP contribution in [0.3, 0.4) is 0 Å². The molecule has 1 atom stereocenters. The predicted octanol–water partition coefficient (Wildman–Crippen LogP) is 3.06. The molecule has 1 aromatic rings. The van der Waals surface area contributed by atoms with Gasteiger partial charge in [0.25, 0.3) is 0 Å². The summed E-state index contributed by atoms with van der Waals surface area (Å²) in [6.45, 7) is 3.58. The Morgan fingerprint density at radius 3 is 2.85 bits per heavy atom. The van der Waals surface area contributed by atoms with Crippen LogP contribution in [0.4, 0.5) is 4.39 Å². The summed E-state index contributed by atoms with van der Waals surface area (Å²) < 4.78 is 12.8. The van der Waals surface area contributed by atoms with E-state index in [4.69, 9.17) is 17.3 Å². The highest BCUT2D eigenvalue weighted by Crippen LogP contribution is 2.21. The zero-order chi connectivity index (χ0) is 9.84. The Morgan fingerprint density at radius 1 is 1.62 bits per heavy atom. The average Bonchev–Trinajstić information content (AvgIpc) is 2.10. The molecule has 1 rings (SSSR count). The van der Waals surface area contributed by atoms with Crippen molar-refractivity contribution in [2.75, 3.05) is 0 Å². The van der Waals surface area contributed by atoms with E-state index in [1.165, 1.54) is 6.07 Å². The number of hydrogen-bond donors (Lipinski definition) is 1. The van der Waals surface area contributed by atoms with Gasteiger partial charge in [-0.1, -0.05) is 23.7 Å². The van der Waals surface area contributed by atoms with Crippen LogP contribution in [-0.4, -0.2) is 0 Å². The summed E-state index contributed by atoms with van der Waals surface area (Å²) >= 11 is 5.60. The minimum atomic E-state index is -0.420. The SMILES string of the molecule is C=CCC(N)c1ccc(F)c(Cl)c1. The van der Waals surface area contributed by atoms with Gasteiger partial charge in [-0.05, 0) is 24.1 Å². The molecule has 0 amide bonds. The van der Waals surface area contributed by atoms with Crippen molar-refractivity contribution in [3.05, 3.63) is 47.3 Å². The quantitative estimate of drug-likeness (QED) is 0.744. The fourth-order valence-electron chi connectivity index (χ4n) is 1.06. The van der Waals surface area contributed by atoms with Gasteiger partial charge >= 0.3 is 0 Å². The van der Waals surface area contributed by atoms with Crippen LogP contribution in [0.15, 0.2) is 30.9 Å². The van der Waals surface area contributed by atoms with Crippen LogP contribution >= 0.6 is 11.6 Å². The highest BCUT2D eigenvalue weighted by atomic mass is 35.5. The minimum absolute atomic E-state index is 0.108. The van der Waals surface area contributed by atoms with E-state index < -0.39 is 5.82 Å². The summed E-state index contributed by atoms with van der Waals surface area (Å²) in [6.07, 6.45) is 2.38. The van der Waals surface area contributed by atoms with E-state index in [1.54, 1.807) is 18.2 Å². The van der Waals surface area contributed by atoms with Crippen molar-refractivity contribution in [2.45, 2.75) is 12.5 Å². The monoisotopic (exact) mass is 199 g/mol. The molecule has 0 heterocycles. The van der Waals surface area contributed by atoms with E-state index in [0.717, 1.165) is 5.56 Å². The summed E-state index contributed by atoms with van der Waals surface area (Å²) in [7, 11) is 0. The lowest BCUT2D eigenvalue weighted by atomic mass is 10.1. The Hall–Kier alpha value is -0.860. The van der Waals surface area contributed by atoms with Crippen LogP contribution in [0.25, 0.3) is 0 Å². The van der Waals surface area contributed by atoms with Crippen LogP contribution in [-0.2, 0) is 0 Å². The molecule has 0 aliphatic rings. The molecular weight excluding hydrogens is 189 g/mol. The molecular formula is C10H11ClFN. The minimum Gasteiger partial charge on any atom is -0.324 e. The third kappa shape index (κ3) is 2.54. The van der Waals surface area contributed by atoms with E-state index in [-0.39, 0.29) is 11.1 Å². The summed E-state index contributed by atoms with van der Waals surface area (Å²) in [4.78, 5) is 0. The first kappa shape index (κ1) is 10.2. The van der Waals surface area contributed by atoms with Gasteiger partial charge in [-0.3, -0.25) is 0 Å². The summed E-state index contributed by atoms with van der Waals surface area (Å²) in [6, 6.07) is 4.34. The Bertz CT molecular complexity index is 312.